The van der Waals surface area contributed by atoms with Gasteiger partial charge in [0.05, 0.1) is 17.7 Å². The minimum atomic E-state index is -0.315. The second kappa shape index (κ2) is 6.26. The molecule has 3 N–H and O–H groups in total. The molecular weight excluding hydrogens is 266 g/mol. The van der Waals surface area contributed by atoms with Crippen molar-refractivity contribution in [1.29, 1.82) is 0 Å². The number of carbonyl (C=O) groups excluding carboxylic acids is 1. The van der Waals surface area contributed by atoms with E-state index >= 15 is 0 Å². The Morgan fingerprint density at radius 2 is 2.05 bits per heavy atom. The van der Waals surface area contributed by atoms with Crippen molar-refractivity contribution in [2.75, 3.05) is 6.61 Å². The number of amides is 1. The zero-order chi connectivity index (χ0) is 14.6. The number of hydrogen-bond acceptors (Lipinski definition) is 3. The molecule has 5 heteroatoms. The first-order valence-electron chi connectivity index (χ1n) is 6.13. The Labute approximate surface area is 118 Å². The van der Waals surface area contributed by atoms with Crippen LogP contribution in [0.2, 0.25) is 5.02 Å². The standard InChI is InChI=1S/C14H20ClNO3/c1-14(2,3)7-10(8-17)16-13(19)9-4-5-12(18)11(15)6-9/h4-6,10,17-18H,7-8H2,1-3H3,(H,16,19). The van der Waals surface area contributed by atoms with Crippen molar-refractivity contribution in [2.24, 2.45) is 5.41 Å². The topological polar surface area (TPSA) is 69.6 Å². The molecule has 0 spiro atoms. The van der Waals surface area contributed by atoms with Gasteiger partial charge < -0.3 is 15.5 Å². The number of nitrogens with one attached hydrogen (secondary N) is 1. The monoisotopic (exact) mass is 285 g/mol. The van der Waals surface area contributed by atoms with Gasteiger partial charge in [-0.05, 0) is 30.0 Å². The molecule has 1 aromatic carbocycles. The van der Waals surface area contributed by atoms with Crippen LogP contribution in [0.1, 0.15) is 37.6 Å². The molecule has 0 aliphatic carbocycles. The van der Waals surface area contributed by atoms with Crippen molar-refractivity contribution in [3.05, 3.63) is 28.8 Å². The zero-order valence-electron chi connectivity index (χ0n) is 11.4. The Morgan fingerprint density at radius 1 is 1.42 bits per heavy atom. The highest BCUT2D eigenvalue weighted by atomic mass is 35.5. The summed E-state index contributed by atoms with van der Waals surface area (Å²) in [6.07, 6.45) is 0.668. The maximum absolute atomic E-state index is 12.0. The molecule has 1 aromatic rings. The average molecular weight is 286 g/mol. The molecule has 0 radical (unpaired) electrons. The Kier molecular flexibility index (Phi) is 5.20. The highest BCUT2D eigenvalue weighted by Gasteiger charge is 2.20. The van der Waals surface area contributed by atoms with Crippen molar-refractivity contribution in [3.8, 4) is 5.75 Å². The van der Waals surface area contributed by atoms with E-state index in [0.29, 0.717) is 12.0 Å². The highest BCUT2D eigenvalue weighted by Crippen LogP contribution is 2.24. The number of carbonyl (C=O) groups is 1. The maximum atomic E-state index is 12.0. The second-order valence-electron chi connectivity index (χ2n) is 5.78. The van der Waals surface area contributed by atoms with Gasteiger partial charge in [0.2, 0.25) is 0 Å². The van der Waals surface area contributed by atoms with Crippen LogP contribution in [-0.4, -0.2) is 28.8 Å². The van der Waals surface area contributed by atoms with E-state index in [0.717, 1.165) is 0 Å². The summed E-state index contributed by atoms with van der Waals surface area (Å²) in [6, 6.07) is 3.95. The molecule has 4 nitrogen and oxygen atoms in total. The molecule has 106 valence electrons. The first kappa shape index (κ1) is 15.8. The highest BCUT2D eigenvalue weighted by molar-refractivity contribution is 6.32. The van der Waals surface area contributed by atoms with Gasteiger partial charge in [0.15, 0.2) is 0 Å². The first-order valence-corrected chi connectivity index (χ1v) is 6.51. The van der Waals surface area contributed by atoms with Gasteiger partial charge in [0.25, 0.3) is 5.91 Å². The Hall–Kier alpha value is -1.26. The van der Waals surface area contributed by atoms with E-state index in [2.05, 4.69) is 5.32 Å². The van der Waals surface area contributed by atoms with E-state index in [4.69, 9.17) is 11.6 Å². The number of hydrogen-bond donors (Lipinski definition) is 3. The number of aliphatic hydroxyl groups excluding tert-OH is 1. The first-order chi connectivity index (χ1) is 8.73. The summed E-state index contributed by atoms with van der Waals surface area (Å²) in [5.74, 6) is -0.378. The normalized spacial score (nSPS) is 13.1. The lowest BCUT2D eigenvalue weighted by atomic mass is 9.88. The third kappa shape index (κ3) is 5.09. The van der Waals surface area contributed by atoms with Gasteiger partial charge in [-0.25, -0.2) is 0 Å². The van der Waals surface area contributed by atoms with Crippen molar-refractivity contribution in [3.63, 3.8) is 0 Å². The molecule has 0 saturated carbocycles. The van der Waals surface area contributed by atoms with Gasteiger partial charge in [0.1, 0.15) is 5.75 Å². The predicted octanol–water partition coefficient (Wildman–Crippen LogP) is 2.57. The summed E-state index contributed by atoms with van der Waals surface area (Å²) < 4.78 is 0. The lowest BCUT2D eigenvalue weighted by Gasteiger charge is -2.25. The lowest BCUT2D eigenvalue weighted by molar-refractivity contribution is 0.0897. The zero-order valence-corrected chi connectivity index (χ0v) is 12.2. The van der Waals surface area contributed by atoms with Crippen LogP contribution in [0, 0.1) is 5.41 Å². The van der Waals surface area contributed by atoms with Crippen LogP contribution in [0.25, 0.3) is 0 Å². The number of aliphatic hydroxyl groups is 1. The Bertz CT molecular complexity index is 454. The number of aromatic hydroxyl groups is 1. The summed E-state index contributed by atoms with van der Waals surface area (Å²) in [5.41, 5.74) is 0.364. The largest absolute Gasteiger partial charge is 0.506 e. The van der Waals surface area contributed by atoms with Crippen molar-refractivity contribution in [1.82, 2.24) is 5.32 Å². The average Bonchev–Trinajstić information content (AvgIpc) is 2.29. The van der Waals surface area contributed by atoms with E-state index < -0.39 is 0 Å². The molecule has 0 bridgehead atoms. The van der Waals surface area contributed by atoms with Crippen LogP contribution < -0.4 is 5.32 Å². The number of rotatable bonds is 4. The van der Waals surface area contributed by atoms with Gasteiger partial charge in [-0.15, -0.1) is 0 Å². The van der Waals surface area contributed by atoms with Crippen molar-refractivity contribution < 1.29 is 15.0 Å². The second-order valence-corrected chi connectivity index (χ2v) is 6.19. The molecule has 0 saturated heterocycles. The molecule has 19 heavy (non-hydrogen) atoms. The van der Waals surface area contributed by atoms with Gasteiger partial charge in [0, 0.05) is 5.56 Å². The minimum Gasteiger partial charge on any atom is -0.506 e. The molecule has 0 aromatic heterocycles. The summed E-state index contributed by atoms with van der Waals surface area (Å²) in [5, 5.41) is 21.5. The molecule has 0 aliphatic rings. The van der Waals surface area contributed by atoms with Crippen LogP contribution >= 0.6 is 11.6 Å². The fourth-order valence-corrected chi connectivity index (χ4v) is 2.00. The molecular formula is C14H20ClNO3. The summed E-state index contributed by atoms with van der Waals surface area (Å²) in [7, 11) is 0. The van der Waals surface area contributed by atoms with Gasteiger partial charge in [-0.1, -0.05) is 32.4 Å². The van der Waals surface area contributed by atoms with Gasteiger partial charge in [-0.2, -0.15) is 0 Å². The van der Waals surface area contributed by atoms with E-state index in [-0.39, 0.29) is 34.7 Å². The third-order valence-electron chi connectivity index (χ3n) is 2.62. The molecule has 1 amide bonds. The number of phenolic OH excluding ortho intramolecular Hbond substituents is 1. The number of halogens is 1. The number of phenols is 1. The van der Waals surface area contributed by atoms with Crippen LogP contribution in [0.15, 0.2) is 18.2 Å². The van der Waals surface area contributed by atoms with Gasteiger partial charge in [-0.3, -0.25) is 4.79 Å². The van der Waals surface area contributed by atoms with Gasteiger partial charge >= 0.3 is 0 Å². The quantitative estimate of drug-likeness (QED) is 0.796. The predicted molar refractivity (Wildman–Crippen MR) is 75.5 cm³/mol. The fraction of sp³-hybridized carbons (Fsp3) is 0.500. The van der Waals surface area contributed by atoms with Crippen molar-refractivity contribution in [2.45, 2.75) is 33.2 Å². The maximum Gasteiger partial charge on any atom is 0.251 e. The van der Waals surface area contributed by atoms with Crippen molar-refractivity contribution >= 4 is 17.5 Å². The van der Waals surface area contributed by atoms with Crippen LogP contribution in [0.5, 0.6) is 5.75 Å². The van der Waals surface area contributed by atoms with E-state index in [1.165, 1.54) is 18.2 Å². The Balaban J connectivity index is 2.74. The molecule has 0 aliphatic heterocycles. The summed E-state index contributed by atoms with van der Waals surface area (Å²) in [4.78, 5) is 12.0. The molecule has 1 atom stereocenters. The van der Waals surface area contributed by atoms with Crippen LogP contribution in [0.3, 0.4) is 0 Å². The van der Waals surface area contributed by atoms with E-state index in [1.807, 2.05) is 20.8 Å². The Morgan fingerprint density at radius 3 is 2.53 bits per heavy atom. The fourth-order valence-electron chi connectivity index (χ4n) is 1.82. The smallest absolute Gasteiger partial charge is 0.251 e. The third-order valence-corrected chi connectivity index (χ3v) is 2.93. The van der Waals surface area contributed by atoms with E-state index in [9.17, 15) is 15.0 Å². The molecule has 0 heterocycles. The lowest BCUT2D eigenvalue weighted by Crippen LogP contribution is -2.40. The summed E-state index contributed by atoms with van der Waals surface area (Å²) in [6.45, 7) is 6.01. The summed E-state index contributed by atoms with van der Waals surface area (Å²) >= 11 is 5.76. The molecule has 1 rings (SSSR count). The SMILES string of the molecule is CC(C)(C)CC(CO)NC(=O)c1ccc(O)c(Cl)c1. The molecule has 0 fully saturated rings. The molecule has 1 unspecified atom stereocenters. The van der Waals surface area contributed by atoms with Crippen LogP contribution in [-0.2, 0) is 0 Å². The number of benzene rings is 1. The minimum absolute atomic E-state index is 0.00722. The van der Waals surface area contributed by atoms with E-state index in [1.54, 1.807) is 0 Å². The van der Waals surface area contributed by atoms with Crippen LogP contribution in [0.4, 0.5) is 0 Å².